The van der Waals surface area contributed by atoms with E-state index in [1.807, 2.05) is 21.0 Å². The van der Waals surface area contributed by atoms with E-state index in [4.69, 9.17) is 0 Å². The number of hydrogen-bond donors (Lipinski definition) is 1. The maximum Gasteiger partial charge on any atom is 0.227 e. The zero-order chi connectivity index (χ0) is 15.0. The van der Waals surface area contributed by atoms with Crippen LogP contribution in [0.25, 0.3) is 0 Å². The van der Waals surface area contributed by atoms with Crippen LogP contribution in [0.4, 0.5) is 0 Å². The van der Waals surface area contributed by atoms with Gasteiger partial charge in [-0.2, -0.15) is 24.4 Å². The van der Waals surface area contributed by atoms with Crippen LogP contribution in [-0.2, 0) is 9.59 Å². The molecule has 0 atom stereocenters. The van der Waals surface area contributed by atoms with E-state index >= 15 is 0 Å². The molecular formula is C14H19N3O2S2. The third-order valence-electron chi connectivity index (χ3n) is 3.62. The molecule has 3 aliphatic heterocycles. The average Bonchev–Trinajstić information content (AvgIpc) is 3.30. The highest BCUT2D eigenvalue weighted by molar-refractivity contribution is 8.08. The molecule has 3 fully saturated rings. The summed E-state index contributed by atoms with van der Waals surface area (Å²) < 4.78 is 0. The molecule has 0 aromatic carbocycles. The van der Waals surface area contributed by atoms with Crippen LogP contribution in [0.3, 0.4) is 0 Å². The van der Waals surface area contributed by atoms with Crippen LogP contribution in [0.5, 0.6) is 0 Å². The Morgan fingerprint density at radius 1 is 1.00 bits per heavy atom. The zero-order valence-electron chi connectivity index (χ0n) is 12.0. The first-order valence-electron chi connectivity index (χ1n) is 7.07. The van der Waals surface area contributed by atoms with Crippen LogP contribution in [0.2, 0.25) is 0 Å². The minimum atomic E-state index is 0.00546. The minimum Gasteiger partial charge on any atom is -0.365 e. The zero-order valence-corrected chi connectivity index (χ0v) is 13.8. The Labute approximate surface area is 134 Å². The van der Waals surface area contributed by atoms with Crippen LogP contribution in [0.1, 0.15) is 0 Å². The Hall–Kier alpha value is -1.08. The second-order valence-electron chi connectivity index (χ2n) is 5.30. The number of rotatable bonds is 4. The lowest BCUT2D eigenvalue weighted by Crippen LogP contribution is -2.29. The maximum atomic E-state index is 12.4. The summed E-state index contributed by atoms with van der Waals surface area (Å²) in [5.74, 6) is 0.0485. The minimum absolute atomic E-state index is 0.00546. The summed E-state index contributed by atoms with van der Waals surface area (Å²) >= 11 is 5.60. The van der Waals surface area contributed by atoms with E-state index in [0.717, 1.165) is 44.4 Å². The van der Waals surface area contributed by atoms with Crippen LogP contribution in [-0.4, -0.2) is 76.9 Å². The first-order valence-corrected chi connectivity index (χ1v) is 9.09. The van der Waals surface area contributed by atoms with Crippen molar-refractivity contribution in [3.63, 3.8) is 0 Å². The van der Waals surface area contributed by atoms with E-state index in [2.05, 4.69) is 12.6 Å². The van der Waals surface area contributed by atoms with Gasteiger partial charge in [0.2, 0.25) is 11.6 Å². The summed E-state index contributed by atoms with van der Waals surface area (Å²) in [6.07, 6.45) is 3.54. The predicted octanol–water partition coefficient (Wildman–Crippen LogP) is 0.417. The normalized spacial score (nSPS) is 23.0. The van der Waals surface area contributed by atoms with Gasteiger partial charge in [-0.25, -0.2) is 0 Å². The molecule has 0 aromatic heterocycles. The third kappa shape index (κ3) is 3.23. The molecule has 0 N–H and O–H groups in total. The average molecular weight is 325 g/mol. The van der Waals surface area contributed by atoms with Crippen LogP contribution in [0.15, 0.2) is 23.2 Å². The van der Waals surface area contributed by atoms with E-state index in [1.165, 1.54) is 6.08 Å². The molecule has 21 heavy (non-hydrogen) atoms. The van der Waals surface area contributed by atoms with Crippen molar-refractivity contribution < 1.29 is 9.59 Å². The molecular weight excluding hydrogens is 306 g/mol. The van der Waals surface area contributed by atoms with Crippen LogP contribution in [0, 0.1) is 0 Å². The quantitative estimate of drug-likeness (QED) is 0.350. The van der Waals surface area contributed by atoms with Gasteiger partial charge in [0.1, 0.15) is 11.4 Å². The van der Waals surface area contributed by atoms with Gasteiger partial charge in [-0.3, -0.25) is 9.59 Å². The van der Waals surface area contributed by atoms with Gasteiger partial charge in [0, 0.05) is 50.4 Å². The molecule has 0 aromatic rings. The lowest BCUT2D eigenvalue weighted by atomic mass is 10.0. The van der Waals surface area contributed by atoms with Crippen molar-refractivity contribution >= 4 is 36.0 Å². The number of carbonyl (C=O) groups excluding carboxylic acids is 2. The molecule has 7 heteroatoms. The lowest BCUT2D eigenvalue weighted by molar-refractivity contribution is -0.117. The number of thiol groups is 1. The molecule has 0 radical (unpaired) electrons. The molecule has 4 rings (SSSR count). The fraction of sp³-hybridized carbons (Fsp3) is 0.571. The lowest BCUT2D eigenvalue weighted by Gasteiger charge is -2.21. The van der Waals surface area contributed by atoms with Crippen molar-refractivity contribution in [3.05, 3.63) is 23.2 Å². The summed E-state index contributed by atoms with van der Waals surface area (Å²) in [6.45, 7) is 5.41. The molecule has 114 valence electrons. The Kier molecular flexibility index (Phi) is 4.21. The Balaban J connectivity index is 0.000000298. The number of nitrogens with zero attached hydrogens (tertiary/aromatic N) is 3. The fourth-order valence-electron chi connectivity index (χ4n) is 2.28. The van der Waals surface area contributed by atoms with Gasteiger partial charge in [0.05, 0.1) is 5.70 Å². The Morgan fingerprint density at radius 3 is 1.90 bits per heavy atom. The van der Waals surface area contributed by atoms with Gasteiger partial charge in [0.25, 0.3) is 0 Å². The second kappa shape index (κ2) is 5.96. The van der Waals surface area contributed by atoms with Gasteiger partial charge in [-0.05, 0) is 6.26 Å². The molecule has 0 saturated carbocycles. The standard InChI is InChI=1S/C12H13N3O2.C2H6S2/c16-9-7-8(13-1-2-13)12(17)11(15-5-6-15)10(9)14-3-4-14;1-4-2-3/h7H,1-6H2;3H,2H2,1H3. The smallest absolute Gasteiger partial charge is 0.227 e. The third-order valence-corrected chi connectivity index (χ3v) is 4.65. The molecule has 5 nitrogen and oxygen atoms in total. The number of allylic oxidation sites excluding steroid dienone is 1. The molecule has 1 aliphatic carbocycles. The number of hydrogen-bond acceptors (Lipinski definition) is 7. The monoisotopic (exact) mass is 325 g/mol. The predicted molar refractivity (Wildman–Crippen MR) is 87.2 cm³/mol. The summed E-state index contributed by atoms with van der Waals surface area (Å²) in [6, 6.07) is 0. The summed E-state index contributed by atoms with van der Waals surface area (Å²) in [5, 5.41) is 0.931. The van der Waals surface area contributed by atoms with E-state index in [9.17, 15) is 9.59 Å². The van der Waals surface area contributed by atoms with E-state index in [1.54, 1.807) is 11.8 Å². The SMILES string of the molecule is CSCS.O=C1C=C(N2CC2)C(=O)C(N2CC2)=C1N1CC1. The van der Waals surface area contributed by atoms with Gasteiger partial charge in [-0.15, -0.1) is 0 Å². The van der Waals surface area contributed by atoms with Crippen molar-refractivity contribution in [3.8, 4) is 0 Å². The Morgan fingerprint density at radius 2 is 1.48 bits per heavy atom. The first kappa shape index (κ1) is 14.8. The molecule has 0 amide bonds. The highest BCUT2D eigenvalue weighted by Crippen LogP contribution is 2.33. The molecule has 0 bridgehead atoms. The summed E-state index contributed by atoms with van der Waals surface area (Å²) in [4.78, 5) is 30.5. The summed E-state index contributed by atoms with van der Waals surface area (Å²) in [5.41, 5.74) is 1.89. The highest BCUT2D eigenvalue weighted by Gasteiger charge is 2.43. The molecule has 3 heterocycles. The first-order chi connectivity index (χ1) is 10.2. The molecule has 3 saturated heterocycles. The second-order valence-corrected chi connectivity index (χ2v) is 6.91. The van der Waals surface area contributed by atoms with E-state index in [-0.39, 0.29) is 11.6 Å². The number of thioether (sulfide) groups is 1. The maximum absolute atomic E-state index is 12.4. The highest BCUT2D eigenvalue weighted by atomic mass is 32.2. The van der Waals surface area contributed by atoms with Crippen molar-refractivity contribution in [2.75, 3.05) is 50.6 Å². The molecule has 0 spiro atoms. The Bertz CT molecular complexity index is 530. The van der Waals surface area contributed by atoms with Gasteiger partial charge in [-0.1, -0.05) is 0 Å². The van der Waals surface area contributed by atoms with Gasteiger partial charge in [0.15, 0.2) is 0 Å². The van der Waals surface area contributed by atoms with Crippen molar-refractivity contribution in [2.45, 2.75) is 0 Å². The van der Waals surface area contributed by atoms with Crippen LogP contribution < -0.4 is 0 Å². The van der Waals surface area contributed by atoms with E-state index < -0.39 is 0 Å². The molecule has 4 aliphatic rings. The topological polar surface area (TPSA) is 43.2 Å². The number of carbonyl (C=O) groups is 2. The van der Waals surface area contributed by atoms with Gasteiger partial charge < -0.3 is 14.7 Å². The van der Waals surface area contributed by atoms with Crippen molar-refractivity contribution in [2.24, 2.45) is 0 Å². The molecule has 0 unspecified atom stereocenters. The van der Waals surface area contributed by atoms with Gasteiger partial charge >= 0.3 is 0 Å². The summed E-state index contributed by atoms with van der Waals surface area (Å²) in [7, 11) is 0. The number of ketones is 2. The van der Waals surface area contributed by atoms with Crippen molar-refractivity contribution in [1.82, 2.24) is 14.7 Å². The number of Topliss-reactive ketones (excluding diaryl/α,β-unsaturated/α-hetero) is 1. The van der Waals surface area contributed by atoms with Crippen LogP contribution >= 0.6 is 24.4 Å². The van der Waals surface area contributed by atoms with Crippen molar-refractivity contribution in [1.29, 1.82) is 0 Å². The largest absolute Gasteiger partial charge is 0.365 e. The van der Waals surface area contributed by atoms with E-state index in [0.29, 0.717) is 17.1 Å². The fourth-order valence-corrected chi connectivity index (χ4v) is 2.28.